The fraction of sp³-hybridized carbons (Fsp3) is 0.235. The van der Waals surface area contributed by atoms with Crippen LogP contribution in [0, 0.1) is 0 Å². The van der Waals surface area contributed by atoms with Crippen LogP contribution in [-0.2, 0) is 18.9 Å². The summed E-state index contributed by atoms with van der Waals surface area (Å²) in [6, 6.07) is 6.36. The van der Waals surface area contributed by atoms with Gasteiger partial charge in [-0.2, -0.15) is 0 Å². The molecule has 1 aromatic carbocycles. The molecule has 10 nitrogen and oxygen atoms in total. The van der Waals surface area contributed by atoms with E-state index in [2.05, 4.69) is 20.6 Å². The van der Waals surface area contributed by atoms with Crippen molar-refractivity contribution >= 4 is 29.3 Å². The summed E-state index contributed by atoms with van der Waals surface area (Å²) in [7, 11) is 5.14. The maximum atomic E-state index is 12.2. The summed E-state index contributed by atoms with van der Waals surface area (Å²) < 4.78 is 8.67. The number of ether oxygens (including phenoxy) is 1. The van der Waals surface area contributed by atoms with E-state index in [9.17, 15) is 9.59 Å². The Morgan fingerprint density at radius 3 is 2.57 bits per heavy atom. The van der Waals surface area contributed by atoms with Crippen LogP contribution in [0.25, 0.3) is 11.4 Å². The number of carbonyl (C=O) groups is 2. The van der Waals surface area contributed by atoms with Crippen molar-refractivity contribution in [2.45, 2.75) is 5.16 Å². The molecule has 0 atom stereocenters. The van der Waals surface area contributed by atoms with Gasteiger partial charge in [0, 0.05) is 31.5 Å². The second-order valence-electron chi connectivity index (χ2n) is 5.87. The predicted octanol–water partition coefficient (Wildman–Crippen LogP) is 1.05. The molecule has 146 valence electrons. The average Bonchev–Trinajstić information content (AvgIpc) is 3.22. The van der Waals surface area contributed by atoms with Crippen molar-refractivity contribution in [1.29, 1.82) is 0 Å². The second kappa shape index (κ2) is 8.13. The van der Waals surface area contributed by atoms with Gasteiger partial charge in [0.2, 0.25) is 17.7 Å². The Morgan fingerprint density at radius 1 is 1.21 bits per heavy atom. The molecule has 2 amide bonds. The van der Waals surface area contributed by atoms with Gasteiger partial charge in [-0.05, 0) is 24.3 Å². The van der Waals surface area contributed by atoms with Gasteiger partial charge in [-0.3, -0.25) is 14.3 Å². The Labute approximate surface area is 165 Å². The lowest BCUT2D eigenvalue weighted by Crippen LogP contribution is -2.15. The number of aromatic nitrogens is 5. The lowest BCUT2D eigenvalue weighted by Gasteiger charge is -2.06. The lowest BCUT2D eigenvalue weighted by molar-refractivity contribution is -0.113. The zero-order valence-corrected chi connectivity index (χ0v) is 16.4. The summed E-state index contributed by atoms with van der Waals surface area (Å²) in [5.41, 5.74) is 6.87. The molecule has 3 aromatic rings. The third kappa shape index (κ3) is 4.14. The third-order valence-electron chi connectivity index (χ3n) is 3.85. The molecule has 0 spiro atoms. The van der Waals surface area contributed by atoms with Crippen LogP contribution in [0.2, 0.25) is 0 Å². The molecule has 0 saturated carbocycles. The minimum absolute atomic E-state index is 0.147. The Bertz CT molecular complexity index is 1010. The summed E-state index contributed by atoms with van der Waals surface area (Å²) in [5.74, 6) is 0.465. The normalized spacial score (nSPS) is 10.7. The van der Waals surface area contributed by atoms with Crippen molar-refractivity contribution in [2.24, 2.45) is 19.8 Å². The number of rotatable bonds is 7. The highest BCUT2D eigenvalue weighted by atomic mass is 32.2. The Balaban J connectivity index is 1.64. The molecule has 2 aromatic heterocycles. The van der Waals surface area contributed by atoms with Crippen LogP contribution in [0.4, 0.5) is 5.69 Å². The van der Waals surface area contributed by atoms with E-state index in [0.29, 0.717) is 33.7 Å². The molecule has 0 saturated heterocycles. The monoisotopic (exact) mass is 401 g/mol. The first kappa shape index (κ1) is 19.4. The standard InChI is InChI=1S/C17H19N7O3S/c1-23-8-12(16(22-23)27-3)15-20-21-17(24(15)2)28-9-13(25)19-11-6-4-10(5-7-11)14(18)26/h4-8H,9H2,1-3H3,(H2,18,26)(H,19,25). The molecule has 11 heteroatoms. The van der Waals surface area contributed by atoms with E-state index in [-0.39, 0.29) is 11.7 Å². The van der Waals surface area contributed by atoms with E-state index in [1.165, 1.54) is 18.9 Å². The molecule has 3 rings (SSSR count). The van der Waals surface area contributed by atoms with Crippen molar-refractivity contribution < 1.29 is 14.3 Å². The number of carbonyl (C=O) groups excluding carboxylic acids is 2. The lowest BCUT2D eigenvalue weighted by atomic mass is 10.2. The van der Waals surface area contributed by atoms with Crippen molar-refractivity contribution in [2.75, 3.05) is 18.2 Å². The van der Waals surface area contributed by atoms with E-state index in [1.54, 1.807) is 46.8 Å². The van der Waals surface area contributed by atoms with Gasteiger partial charge in [-0.1, -0.05) is 11.8 Å². The van der Waals surface area contributed by atoms with Gasteiger partial charge < -0.3 is 20.4 Å². The van der Waals surface area contributed by atoms with E-state index < -0.39 is 5.91 Å². The molecule has 0 aliphatic heterocycles. The van der Waals surface area contributed by atoms with Gasteiger partial charge in [0.25, 0.3) is 0 Å². The number of primary amides is 1. The number of nitrogens with one attached hydrogen (secondary N) is 1. The molecule has 0 aliphatic carbocycles. The maximum absolute atomic E-state index is 12.2. The van der Waals surface area contributed by atoms with E-state index in [1.807, 2.05) is 7.05 Å². The Kier molecular flexibility index (Phi) is 5.64. The van der Waals surface area contributed by atoms with E-state index in [4.69, 9.17) is 10.5 Å². The number of nitrogens with two attached hydrogens (primary N) is 1. The molecule has 2 heterocycles. The van der Waals surface area contributed by atoms with Crippen LogP contribution in [0.1, 0.15) is 10.4 Å². The number of anilines is 1. The number of benzene rings is 1. The minimum atomic E-state index is -0.517. The van der Waals surface area contributed by atoms with Gasteiger partial charge in [0.1, 0.15) is 5.56 Å². The van der Waals surface area contributed by atoms with E-state index >= 15 is 0 Å². The molecular weight excluding hydrogens is 382 g/mol. The summed E-state index contributed by atoms with van der Waals surface area (Å²) >= 11 is 1.25. The molecule has 3 N–H and O–H groups in total. The highest BCUT2D eigenvalue weighted by Crippen LogP contribution is 2.29. The van der Waals surface area contributed by atoms with Gasteiger partial charge in [-0.25, -0.2) is 0 Å². The number of hydrogen-bond acceptors (Lipinski definition) is 7. The largest absolute Gasteiger partial charge is 0.479 e. The van der Waals surface area contributed by atoms with Crippen LogP contribution in [0.15, 0.2) is 35.6 Å². The number of methoxy groups -OCH3 is 1. The molecule has 0 radical (unpaired) electrons. The zero-order valence-electron chi connectivity index (χ0n) is 15.5. The summed E-state index contributed by atoms with van der Waals surface area (Å²) in [6.45, 7) is 0. The number of nitrogens with zero attached hydrogens (tertiary/aromatic N) is 5. The van der Waals surface area contributed by atoms with Crippen molar-refractivity contribution in [3.05, 3.63) is 36.0 Å². The van der Waals surface area contributed by atoms with Crippen LogP contribution >= 0.6 is 11.8 Å². The number of hydrogen-bond donors (Lipinski definition) is 2. The SMILES string of the molecule is COc1nn(C)cc1-c1nnc(SCC(=O)Nc2ccc(C(N)=O)cc2)n1C. The Morgan fingerprint density at radius 2 is 1.93 bits per heavy atom. The first-order valence-corrected chi connectivity index (χ1v) is 9.17. The topological polar surface area (TPSA) is 130 Å². The van der Waals surface area contributed by atoms with Crippen molar-refractivity contribution in [3.8, 4) is 17.3 Å². The molecular formula is C17H19N7O3S. The highest BCUT2D eigenvalue weighted by Gasteiger charge is 2.18. The number of amides is 2. The molecule has 0 fully saturated rings. The predicted molar refractivity (Wildman–Crippen MR) is 104 cm³/mol. The second-order valence-corrected chi connectivity index (χ2v) is 6.81. The van der Waals surface area contributed by atoms with Crippen LogP contribution in [0.5, 0.6) is 5.88 Å². The maximum Gasteiger partial charge on any atom is 0.248 e. The van der Waals surface area contributed by atoms with E-state index in [0.717, 1.165) is 0 Å². The smallest absolute Gasteiger partial charge is 0.248 e. The summed E-state index contributed by atoms with van der Waals surface area (Å²) in [6.07, 6.45) is 1.79. The number of thioether (sulfide) groups is 1. The van der Waals surface area contributed by atoms with Gasteiger partial charge in [0.05, 0.1) is 12.9 Å². The first-order chi connectivity index (χ1) is 13.4. The van der Waals surface area contributed by atoms with Gasteiger partial charge >= 0.3 is 0 Å². The fourth-order valence-corrected chi connectivity index (χ4v) is 3.20. The average molecular weight is 401 g/mol. The van der Waals surface area contributed by atoms with Crippen molar-refractivity contribution in [3.63, 3.8) is 0 Å². The summed E-state index contributed by atoms with van der Waals surface area (Å²) in [4.78, 5) is 23.3. The zero-order chi connectivity index (χ0) is 20.3. The van der Waals surface area contributed by atoms with Gasteiger partial charge in [0.15, 0.2) is 11.0 Å². The first-order valence-electron chi connectivity index (χ1n) is 8.19. The van der Waals surface area contributed by atoms with Crippen LogP contribution in [-0.4, -0.2) is 49.2 Å². The third-order valence-corrected chi connectivity index (χ3v) is 4.87. The van der Waals surface area contributed by atoms with Crippen LogP contribution in [0.3, 0.4) is 0 Å². The van der Waals surface area contributed by atoms with Gasteiger partial charge in [-0.15, -0.1) is 15.3 Å². The summed E-state index contributed by atoms with van der Waals surface area (Å²) in [5, 5.41) is 15.9. The van der Waals surface area contributed by atoms with Crippen molar-refractivity contribution in [1.82, 2.24) is 24.5 Å². The highest BCUT2D eigenvalue weighted by molar-refractivity contribution is 7.99. The quantitative estimate of drug-likeness (QED) is 0.566. The Hall–Kier alpha value is -3.34. The number of aryl methyl sites for hydroxylation is 1. The molecule has 28 heavy (non-hydrogen) atoms. The fourth-order valence-electron chi connectivity index (χ4n) is 2.49. The van der Waals surface area contributed by atoms with Crippen LogP contribution < -0.4 is 15.8 Å². The molecule has 0 aliphatic rings. The minimum Gasteiger partial charge on any atom is -0.479 e. The molecule has 0 bridgehead atoms. The molecule has 0 unspecified atom stereocenters.